The molecule has 84 valence electrons. The van der Waals surface area contributed by atoms with Crippen LogP contribution >= 0.6 is 0 Å². The minimum Gasteiger partial charge on any atom is -0.324 e. The van der Waals surface area contributed by atoms with Gasteiger partial charge in [-0.1, -0.05) is 18.7 Å². The molecule has 0 saturated heterocycles. The summed E-state index contributed by atoms with van der Waals surface area (Å²) in [5.41, 5.74) is 3.39. The van der Waals surface area contributed by atoms with Crippen molar-refractivity contribution in [2.24, 2.45) is 0 Å². The summed E-state index contributed by atoms with van der Waals surface area (Å²) < 4.78 is 2.20. The number of rotatable bonds is 4. The lowest BCUT2D eigenvalue weighted by Crippen LogP contribution is -2.14. The van der Waals surface area contributed by atoms with E-state index < -0.39 is 0 Å². The molecule has 0 radical (unpaired) electrons. The highest BCUT2D eigenvalue weighted by molar-refractivity contribution is 5.75. The van der Waals surface area contributed by atoms with E-state index >= 15 is 0 Å². The van der Waals surface area contributed by atoms with Crippen LogP contribution in [0.5, 0.6) is 0 Å². The molecule has 0 aliphatic heterocycles. The number of hydrogen-bond acceptors (Lipinski definition) is 2. The molecule has 0 bridgehead atoms. The minimum absolute atomic E-state index is 0.827. The molecule has 2 rings (SSSR count). The summed E-state index contributed by atoms with van der Waals surface area (Å²) >= 11 is 0. The van der Waals surface area contributed by atoms with Crippen LogP contribution in [0, 0.1) is 6.92 Å². The topological polar surface area (TPSA) is 29.9 Å². The molecule has 0 aliphatic carbocycles. The zero-order valence-electron chi connectivity index (χ0n) is 9.83. The van der Waals surface area contributed by atoms with Crippen LogP contribution < -0.4 is 5.32 Å². The van der Waals surface area contributed by atoms with E-state index in [1.165, 1.54) is 5.52 Å². The van der Waals surface area contributed by atoms with Gasteiger partial charge in [-0.05, 0) is 31.7 Å². The van der Waals surface area contributed by atoms with Gasteiger partial charge in [0.15, 0.2) is 0 Å². The lowest BCUT2D eigenvalue weighted by Gasteiger charge is -2.09. The Labute approximate surface area is 95.8 Å². The quantitative estimate of drug-likeness (QED) is 0.792. The zero-order valence-corrected chi connectivity index (χ0v) is 9.83. The van der Waals surface area contributed by atoms with Gasteiger partial charge < -0.3 is 9.88 Å². The van der Waals surface area contributed by atoms with Crippen molar-refractivity contribution < 1.29 is 0 Å². The van der Waals surface area contributed by atoms with Gasteiger partial charge in [-0.25, -0.2) is 4.98 Å². The van der Waals surface area contributed by atoms with Crippen LogP contribution in [0.1, 0.15) is 5.82 Å². The second-order valence-electron chi connectivity index (χ2n) is 4.01. The van der Waals surface area contributed by atoms with Crippen LogP contribution in [0.25, 0.3) is 11.0 Å². The normalized spacial score (nSPS) is 10.9. The van der Waals surface area contributed by atoms with Gasteiger partial charge in [0.05, 0.1) is 11.0 Å². The second-order valence-corrected chi connectivity index (χ2v) is 4.01. The van der Waals surface area contributed by atoms with Gasteiger partial charge in [0, 0.05) is 13.1 Å². The maximum Gasteiger partial charge on any atom is 0.107 e. The molecule has 1 heterocycles. The van der Waals surface area contributed by atoms with Crippen molar-refractivity contribution in [3.05, 3.63) is 42.2 Å². The molecular formula is C13H17N3. The van der Waals surface area contributed by atoms with Crippen molar-refractivity contribution in [3.63, 3.8) is 0 Å². The highest BCUT2D eigenvalue weighted by Crippen LogP contribution is 2.16. The second kappa shape index (κ2) is 4.49. The molecule has 1 aromatic heterocycles. The molecule has 3 nitrogen and oxygen atoms in total. The Morgan fingerprint density at radius 2 is 2.19 bits per heavy atom. The molecule has 0 saturated carbocycles. The monoisotopic (exact) mass is 215 g/mol. The van der Waals surface area contributed by atoms with Gasteiger partial charge in [0.1, 0.15) is 5.82 Å². The molecule has 1 aromatic carbocycles. The lowest BCUT2D eigenvalue weighted by atomic mass is 10.2. The van der Waals surface area contributed by atoms with Crippen LogP contribution in [0.15, 0.2) is 36.4 Å². The molecule has 2 aromatic rings. The van der Waals surface area contributed by atoms with Crippen molar-refractivity contribution in [1.82, 2.24) is 14.9 Å². The maximum absolute atomic E-state index is 4.53. The molecule has 0 aliphatic rings. The van der Waals surface area contributed by atoms with E-state index in [0.717, 1.165) is 30.0 Å². The van der Waals surface area contributed by atoms with Crippen LogP contribution in [0.2, 0.25) is 0 Å². The number of nitrogens with one attached hydrogen (secondary N) is 1. The van der Waals surface area contributed by atoms with E-state index in [0.29, 0.717) is 0 Å². The average molecular weight is 215 g/mol. The number of imidazole rings is 1. The van der Waals surface area contributed by atoms with E-state index in [2.05, 4.69) is 27.5 Å². The number of para-hydroxylation sites is 2. The molecule has 0 spiro atoms. The SMILES string of the molecule is C=C(CNC)Cn1c(C)nc2ccccc21. The smallest absolute Gasteiger partial charge is 0.107 e. The van der Waals surface area contributed by atoms with Gasteiger partial charge in [-0.15, -0.1) is 0 Å². The number of fused-ring (bicyclic) bond motifs is 1. The third-order valence-electron chi connectivity index (χ3n) is 2.65. The molecule has 3 heteroatoms. The molecule has 0 amide bonds. The zero-order chi connectivity index (χ0) is 11.5. The first-order valence-corrected chi connectivity index (χ1v) is 5.45. The largest absolute Gasteiger partial charge is 0.324 e. The van der Waals surface area contributed by atoms with E-state index in [1.54, 1.807) is 0 Å². The van der Waals surface area contributed by atoms with Gasteiger partial charge in [0.2, 0.25) is 0 Å². The van der Waals surface area contributed by atoms with Gasteiger partial charge >= 0.3 is 0 Å². The highest BCUT2D eigenvalue weighted by atomic mass is 15.1. The van der Waals surface area contributed by atoms with Crippen molar-refractivity contribution in [2.75, 3.05) is 13.6 Å². The summed E-state index contributed by atoms with van der Waals surface area (Å²) in [6.45, 7) is 7.76. The summed E-state index contributed by atoms with van der Waals surface area (Å²) in [5.74, 6) is 1.04. The number of hydrogen-bond donors (Lipinski definition) is 1. The first-order valence-electron chi connectivity index (χ1n) is 5.45. The summed E-state index contributed by atoms with van der Waals surface area (Å²) in [5, 5.41) is 3.11. The van der Waals surface area contributed by atoms with Crippen molar-refractivity contribution in [2.45, 2.75) is 13.5 Å². The predicted octanol–water partition coefficient (Wildman–Crippen LogP) is 2.12. The molecule has 1 N–H and O–H groups in total. The van der Waals surface area contributed by atoms with E-state index in [9.17, 15) is 0 Å². The van der Waals surface area contributed by atoms with Gasteiger partial charge in [-0.3, -0.25) is 0 Å². The number of benzene rings is 1. The predicted molar refractivity (Wildman–Crippen MR) is 67.5 cm³/mol. The van der Waals surface area contributed by atoms with E-state index in [-0.39, 0.29) is 0 Å². The van der Waals surface area contributed by atoms with E-state index in [1.807, 2.05) is 32.2 Å². The molecule has 0 fully saturated rings. The summed E-state index contributed by atoms with van der Waals surface area (Å²) in [4.78, 5) is 4.53. The Bertz CT molecular complexity index is 511. The van der Waals surface area contributed by atoms with Crippen molar-refractivity contribution in [3.8, 4) is 0 Å². The third-order valence-corrected chi connectivity index (χ3v) is 2.65. The Morgan fingerprint density at radius 3 is 2.94 bits per heavy atom. The Kier molecular flexibility index (Phi) is 3.06. The first kappa shape index (κ1) is 10.9. The third kappa shape index (κ3) is 1.99. The number of aryl methyl sites for hydroxylation is 1. The van der Waals surface area contributed by atoms with Gasteiger partial charge in [-0.2, -0.15) is 0 Å². The van der Waals surface area contributed by atoms with Gasteiger partial charge in [0.25, 0.3) is 0 Å². The fourth-order valence-corrected chi connectivity index (χ4v) is 1.93. The molecule has 16 heavy (non-hydrogen) atoms. The average Bonchev–Trinajstić information content (AvgIpc) is 2.56. The highest BCUT2D eigenvalue weighted by Gasteiger charge is 2.06. The Morgan fingerprint density at radius 1 is 1.44 bits per heavy atom. The van der Waals surface area contributed by atoms with Crippen molar-refractivity contribution >= 4 is 11.0 Å². The number of nitrogens with zero attached hydrogens (tertiary/aromatic N) is 2. The van der Waals surface area contributed by atoms with Crippen molar-refractivity contribution in [1.29, 1.82) is 0 Å². The summed E-state index contributed by atoms with van der Waals surface area (Å²) in [6, 6.07) is 8.20. The fraction of sp³-hybridized carbons (Fsp3) is 0.308. The number of likely N-dealkylation sites (N-methyl/N-ethyl adjacent to an activating group) is 1. The standard InChI is InChI=1S/C13H17N3/c1-10(8-14-3)9-16-11(2)15-12-6-4-5-7-13(12)16/h4-7,14H,1,8-9H2,2-3H3. The van der Waals surface area contributed by atoms with Crippen LogP contribution in [0.3, 0.4) is 0 Å². The first-order chi connectivity index (χ1) is 7.72. The van der Waals surface area contributed by atoms with Crippen LogP contribution in [0.4, 0.5) is 0 Å². The maximum atomic E-state index is 4.53. The summed E-state index contributed by atoms with van der Waals surface area (Å²) in [7, 11) is 1.93. The summed E-state index contributed by atoms with van der Waals surface area (Å²) in [6.07, 6.45) is 0. The Balaban J connectivity index is 2.36. The van der Waals surface area contributed by atoms with E-state index in [4.69, 9.17) is 0 Å². The fourth-order valence-electron chi connectivity index (χ4n) is 1.93. The molecule has 0 atom stereocenters. The molecular weight excluding hydrogens is 198 g/mol. The van der Waals surface area contributed by atoms with Crippen LogP contribution in [-0.4, -0.2) is 23.1 Å². The Hall–Kier alpha value is -1.61. The molecule has 0 unspecified atom stereocenters. The van der Waals surface area contributed by atoms with Crippen LogP contribution in [-0.2, 0) is 6.54 Å². The lowest BCUT2D eigenvalue weighted by molar-refractivity contribution is 0.731. The minimum atomic E-state index is 0.827. The number of aromatic nitrogens is 2.